The number of hydrogen-bond acceptors (Lipinski definition) is 1. The molecule has 1 N–H and O–H groups in total. The molecule has 0 fully saturated rings. The second kappa shape index (κ2) is 9.58. The molecule has 0 aliphatic rings. The number of aliphatic hydroxyl groups excluding tert-OH is 1. The average molecular weight is 351 g/mol. The molecule has 132 valence electrons. The lowest BCUT2D eigenvalue weighted by molar-refractivity contribution is 0.328. The smallest absolute Gasteiger partial charge is 0.116 e. The van der Waals surface area contributed by atoms with Crippen LogP contribution in [0.15, 0.2) is 77.2 Å². The second-order valence-electron chi connectivity index (χ2n) is 7.12. The van der Waals surface area contributed by atoms with Gasteiger partial charge in [0.05, 0.1) is 6.61 Å². The van der Waals surface area contributed by atoms with E-state index in [1.165, 1.54) is 28.8 Å². The lowest BCUT2D eigenvalue weighted by Crippen LogP contribution is -2.43. The third-order valence-electron chi connectivity index (χ3n) is 4.81. The van der Waals surface area contributed by atoms with E-state index in [9.17, 15) is 5.11 Å². The molecule has 2 rings (SSSR count). The minimum Gasteiger partial charge on any atom is -0.391 e. The first-order chi connectivity index (χ1) is 12.1. The zero-order valence-corrected chi connectivity index (χ0v) is 16.8. The van der Waals surface area contributed by atoms with E-state index in [0.717, 1.165) is 18.4 Å². The Kier molecular flexibility index (Phi) is 7.45. The minimum absolute atomic E-state index is 0.0732. The molecule has 0 atom stereocenters. The number of aliphatic hydroxyl groups is 1. The molecule has 0 spiro atoms. The summed E-state index contributed by atoms with van der Waals surface area (Å²) < 4.78 is 0. The Hall–Kier alpha value is -1.86. The monoisotopic (exact) mass is 350 g/mol. The van der Waals surface area contributed by atoms with Gasteiger partial charge in [0.2, 0.25) is 0 Å². The number of unbranched alkanes of at least 4 members (excludes halogenated alkanes) is 1. The summed E-state index contributed by atoms with van der Waals surface area (Å²) in [5, 5.41) is 12.8. The average Bonchev–Trinajstić information content (AvgIpc) is 2.65. The van der Waals surface area contributed by atoms with Crippen LogP contribution >= 0.6 is 0 Å². The third-order valence-corrected chi connectivity index (χ3v) is 8.47. The number of rotatable bonds is 8. The lowest BCUT2D eigenvalue weighted by atomic mass is 10.1. The van der Waals surface area contributed by atoms with Crippen LogP contribution < -0.4 is 5.19 Å². The van der Waals surface area contributed by atoms with Gasteiger partial charge in [0, 0.05) is 12.0 Å². The van der Waals surface area contributed by atoms with Gasteiger partial charge in [-0.3, -0.25) is 0 Å². The minimum atomic E-state index is -1.77. The molecule has 0 saturated carbocycles. The number of benzene rings is 2. The molecule has 2 aromatic rings. The van der Waals surface area contributed by atoms with Gasteiger partial charge in [-0.25, -0.2) is 0 Å². The Morgan fingerprint density at radius 3 is 2.12 bits per heavy atom. The van der Waals surface area contributed by atoms with Gasteiger partial charge in [-0.1, -0.05) is 92.3 Å². The van der Waals surface area contributed by atoms with Crippen LogP contribution in [-0.2, 0) is 6.42 Å². The predicted octanol–water partition coefficient (Wildman–Crippen LogP) is 5.02. The van der Waals surface area contributed by atoms with Crippen molar-refractivity contribution in [1.82, 2.24) is 0 Å². The van der Waals surface area contributed by atoms with Crippen LogP contribution in [0.4, 0.5) is 0 Å². The van der Waals surface area contributed by atoms with E-state index in [0.29, 0.717) is 0 Å². The van der Waals surface area contributed by atoms with Crippen molar-refractivity contribution in [3.05, 3.63) is 82.7 Å². The molecule has 25 heavy (non-hydrogen) atoms. The van der Waals surface area contributed by atoms with Crippen LogP contribution in [0.3, 0.4) is 0 Å². The summed E-state index contributed by atoms with van der Waals surface area (Å²) in [6.07, 6.45) is 4.20. The molecule has 0 aromatic heterocycles. The molecular formula is C23H30OSi. The Morgan fingerprint density at radius 1 is 0.960 bits per heavy atom. The Bertz CT molecular complexity index is 710. The maximum Gasteiger partial charge on any atom is 0.116 e. The van der Waals surface area contributed by atoms with Crippen molar-refractivity contribution in [3.63, 3.8) is 0 Å². The van der Waals surface area contributed by atoms with Gasteiger partial charge in [-0.05, 0) is 23.6 Å². The van der Waals surface area contributed by atoms with Crippen molar-refractivity contribution >= 4 is 13.3 Å². The largest absolute Gasteiger partial charge is 0.391 e. The van der Waals surface area contributed by atoms with Gasteiger partial charge in [0.1, 0.15) is 8.07 Å². The van der Waals surface area contributed by atoms with Gasteiger partial charge in [0.25, 0.3) is 0 Å². The normalized spacial score (nSPS) is 11.0. The molecule has 0 heterocycles. The summed E-state index contributed by atoms with van der Waals surface area (Å²) in [6.45, 7) is 7.11. The molecule has 0 radical (unpaired) electrons. The Balaban J connectivity index is 2.44. The fourth-order valence-electron chi connectivity index (χ4n) is 3.11. The van der Waals surface area contributed by atoms with Gasteiger partial charge >= 0.3 is 0 Å². The van der Waals surface area contributed by atoms with Crippen molar-refractivity contribution in [1.29, 1.82) is 0 Å². The molecule has 0 aliphatic carbocycles. The van der Waals surface area contributed by atoms with Crippen LogP contribution in [-0.4, -0.2) is 19.8 Å². The van der Waals surface area contributed by atoms with Gasteiger partial charge in [-0.15, -0.1) is 5.73 Å². The summed E-state index contributed by atoms with van der Waals surface area (Å²) in [4.78, 5) is 0. The summed E-state index contributed by atoms with van der Waals surface area (Å²) in [7, 11) is -1.77. The number of hydrogen-bond donors (Lipinski definition) is 1. The van der Waals surface area contributed by atoms with Gasteiger partial charge in [0.15, 0.2) is 0 Å². The summed E-state index contributed by atoms with van der Waals surface area (Å²) >= 11 is 0. The van der Waals surface area contributed by atoms with Crippen LogP contribution in [0, 0.1) is 0 Å². The maximum atomic E-state index is 9.90. The molecule has 2 heteroatoms. The highest BCUT2D eigenvalue weighted by Crippen LogP contribution is 2.21. The van der Waals surface area contributed by atoms with E-state index < -0.39 is 8.07 Å². The molecule has 0 saturated heterocycles. The maximum absolute atomic E-state index is 9.90. The van der Waals surface area contributed by atoms with E-state index in [2.05, 4.69) is 80.3 Å². The predicted molar refractivity (Wildman–Crippen MR) is 111 cm³/mol. The van der Waals surface area contributed by atoms with E-state index in [4.69, 9.17) is 0 Å². The van der Waals surface area contributed by atoms with Gasteiger partial charge in [-0.2, -0.15) is 0 Å². The molecule has 0 bridgehead atoms. The Labute approximate surface area is 153 Å². The quantitative estimate of drug-likeness (QED) is 0.523. The van der Waals surface area contributed by atoms with E-state index >= 15 is 0 Å². The van der Waals surface area contributed by atoms with Crippen LogP contribution in [0.1, 0.15) is 31.7 Å². The van der Waals surface area contributed by atoms with Crippen molar-refractivity contribution in [3.8, 4) is 0 Å². The van der Waals surface area contributed by atoms with Crippen molar-refractivity contribution < 1.29 is 5.11 Å². The van der Waals surface area contributed by atoms with E-state index in [1.54, 1.807) is 0 Å². The van der Waals surface area contributed by atoms with Gasteiger partial charge < -0.3 is 5.11 Å². The standard InChI is InChI=1S/C23H30OSi/c1-4-5-14-23(25(2,3)22-15-10-7-11-16-22)18-21(19-24)17-20-12-8-6-9-13-20/h6-13,15-16,24H,4-5,14,17,19H2,1-3H3. The third kappa shape index (κ3) is 5.57. The first kappa shape index (κ1) is 19.5. The second-order valence-corrected chi connectivity index (χ2v) is 11.6. The highest BCUT2D eigenvalue weighted by molar-refractivity contribution is 6.95. The first-order valence-corrected chi connectivity index (χ1v) is 12.3. The molecule has 0 unspecified atom stereocenters. The summed E-state index contributed by atoms with van der Waals surface area (Å²) in [5.41, 5.74) is 5.89. The lowest BCUT2D eigenvalue weighted by Gasteiger charge is -2.25. The molecule has 1 nitrogen and oxygen atoms in total. The summed E-state index contributed by atoms with van der Waals surface area (Å²) in [6, 6.07) is 21.2. The molecule has 0 amide bonds. The first-order valence-electron chi connectivity index (χ1n) is 9.26. The van der Waals surface area contributed by atoms with Crippen molar-refractivity contribution in [2.24, 2.45) is 0 Å². The van der Waals surface area contributed by atoms with E-state index in [1.807, 2.05) is 6.07 Å². The van der Waals surface area contributed by atoms with Crippen LogP contribution in [0.5, 0.6) is 0 Å². The van der Waals surface area contributed by atoms with Crippen molar-refractivity contribution in [2.75, 3.05) is 6.61 Å². The Morgan fingerprint density at radius 2 is 1.56 bits per heavy atom. The SMILES string of the molecule is CCCCC(=C=C(CO)Cc1ccccc1)[Si](C)(C)c1ccccc1. The molecule has 2 aromatic carbocycles. The fraction of sp³-hybridized carbons (Fsp3) is 0.348. The molecular weight excluding hydrogens is 320 g/mol. The van der Waals surface area contributed by atoms with E-state index in [-0.39, 0.29) is 6.61 Å². The van der Waals surface area contributed by atoms with Crippen LogP contribution in [0.2, 0.25) is 13.1 Å². The van der Waals surface area contributed by atoms with Crippen molar-refractivity contribution in [2.45, 2.75) is 45.7 Å². The zero-order valence-electron chi connectivity index (χ0n) is 15.8. The zero-order chi connectivity index (χ0) is 18.1. The molecule has 0 aliphatic heterocycles. The topological polar surface area (TPSA) is 20.2 Å². The highest BCUT2D eigenvalue weighted by atomic mass is 28.3. The fourth-order valence-corrected chi connectivity index (χ4v) is 5.77. The van der Waals surface area contributed by atoms with Crippen LogP contribution in [0.25, 0.3) is 0 Å². The highest BCUT2D eigenvalue weighted by Gasteiger charge is 2.28. The summed E-state index contributed by atoms with van der Waals surface area (Å²) in [5.74, 6) is 0.